The highest BCUT2D eigenvalue weighted by molar-refractivity contribution is 8.03. The molecule has 0 fully saturated rings. The van der Waals surface area contributed by atoms with Crippen LogP contribution in [0.15, 0.2) is 52.5 Å². The Labute approximate surface area is 175 Å². The average molecular weight is 414 g/mol. The van der Waals surface area contributed by atoms with E-state index in [0.717, 1.165) is 39.7 Å². The molecular weight excluding hydrogens is 390 g/mol. The number of nitrogens with zero attached hydrogens (tertiary/aromatic N) is 2. The van der Waals surface area contributed by atoms with E-state index >= 15 is 0 Å². The van der Waals surface area contributed by atoms with Crippen LogP contribution in [-0.4, -0.2) is 15.3 Å². The van der Waals surface area contributed by atoms with E-state index in [1.165, 1.54) is 0 Å². The number of carbonyl (C=O) groups excluding carboxylic acids is 1. The van der Waals surface area contributed by atoms with E-state index in [2.05, 4.69) is 23.3 Å². The summed E-state index contributed by atoms with van der Waals surface area (Å²) in [6.07, 6.45) is 5.85. The van der Waals surface area contributed by atoms with Crippen LogP contribution >= 0.6 is 23.4 Å². The summed E-state index contributed by atoms with van der Waals surface area (Å²) >= 11 is 7.61. The van der Waals surface area contributed by atoms with E-state index in [0.29, 0.717) is 16.2 Å². The minimum atomic E-state index is -0.151. The Morgan fingerprint density at radius 2 is 2.04 bits per heavy atom. The second-order valence-corrected chi connectivity index (χ2v) is 8.31. The summed E-state index contributed by atoms with van der Waals surface area (Å²) in [5.41, 5.74) is 4.27. The molecule has 0 radical (unpaired) electrons. The van der Waals surface area contributed by atoms with E-state index in [1.807, 2.05) is 61.7 Å². The molecule has 0 saturated carbocycles. The highest BCUT2D eigenvalue weighted by atomic mass is 35.5. The second kappa shape index (κ2) is 8.84. The molecular formula is C22H24ClN3OS. The largest absolute Gasteiger partial charge is 0.316 e. The quantitative estimate of drug-likeness (QED) is 0.498. The van der Waals surface area contributed by atoms with Gasteiger partial charge in [0.05, 0.1) is 10.6 Å². The van der Waals surface area contributed by atoms with Crippen LogP contribution in [0.5, 0.6) is 0 Å². The lowest BCUT2D eigenvalue weighted by atomic mass is 10.2. The van der Waals surface area contributed by atoms with Gasteiger partial charge in [-0.2, -0.15) is 0 Å². The number of halogens is 1. The van der Waals surface area contributed by atoms with E-state index in [9.17, 15) is 4.79 Å². The van der Waals surface area contributed by atoms with Gasteiger partial charge in [0.25, 0.3) is 5.91 Å². The number of aryl methyl sites for hydroxylation is 3. The Balaban J connectivity index is 1.88. The van der Waals surface area contributed by atoms with Crippen LogP contribution in [0.1, 0.15) is 47.1 Å². The molecule has 3 rings (SSSR count). The predicted molar refractivity (Wildman–Crippen MR) is 117 cm³/mol. The summed E-state index contributed by atoms with van der Waals surface area (Å²) in [4.78, 5) is 18.6. The van der Waals surface area contributed by atoms with Crippen molar-refractivity contribution in [3.05, 3.63) is 75.2 Å². The van der Waals surface area contributed by atoms with Gasteiger partial charge in [0.1, 0.15) is 5.65 Å². The molecule has 2 heterocycles. The standard InChI is InChI=1S/C22H24ClN3OS/c1-5-6-7-20(28-19-9-8-17(23)12-14(19)2)25-22(27)18-10-11-26-16(4)13-15(3)24-21(18)26/h7-13H,5-6H2,1-4H3,(H,25,27)/b20-7-. The second-order valence-electron chi connectivity index (χ2n) is 6.78. The maximum Gasteiger partial charge on any atom is 0.259 e. The minimum absolute atomic E-state index is 0.151. The first-order chi connectivity index (χ1) is 13.4. The number of benzene rings is 1. The maximum atomic E-state index is 13.0. The number of allylic oxidation sites excluding steroid dienone is 1. The van der Waals surface area contributed by atoms with Gasteiger partial charge in [-0.1, -0.05) is 42.8 Å². The van der Waals surface area contributed by atoms with Crippen LogP contribution in [0.2, 0.25) is 5.02 Å². The van der Waals surface area contributed by atoms with Crippen LogP contribution < -0.4 is 5.32 Å². The van der Waals surface area contributed by atoms with Gasteiger partial charge in [0, 0.05) is 27.5 Å². The van der Waals surface area contributed by atoms with Crippen LogP contribution in [0.25, 0.3) is 5.65 Å². The van der Waals surface area contributed by atoms with Crippen LogP contribution in [-0.2, 0) is 0 Å². The maximum absolute atomic E-state index is 13.0. The lowest BCUT2D eigenvalue weighted by Gasteiger charge is -2.12. The molecule has 1 N–H and O–H groups in total. The van der Waals surface area contributed by atoms with E-state index in [1.54, 1.807) is 11.8 Å². The Kier molecular flexibility index (Phi) is 6.47. The van der Waals surface area contributed by atoms with Gasteiger partial charge in [-0.05, 0) is 63.1 Å². The molecule has 1 amide bonds. The third-order valence-corrected chi connectivity index (χ3v) is 5.80. The van der Waals surface area contributed by atoms with Crippen molar-refractivity contribution in [2.24, 2.45) is 0 Å². The molecule has 3 aromatic rings. The molecule has 0 atom stereocenters. The predicted octanol–water partition coefficient (Wildman–Crippen LogP) is 6.08. The zero-order valence-corrected chi connectivity index (χ0v) is 18.1. The monoisotopic (exact) mass is 413 g/mol. The molecule has 0 aliphatic heterocycles. The smallest absolute Gasteiger partial charge is 0.259 e. The summed E-state index contributed by atoms with van der Waals surface area (Å²) in [7, 11) is 0. The molecule has 0 spiro atoms. The first kappa shape index (κ1) is 20.5. The molecule has 0 unspecified atom stereocenters. The fraction of sp³-hybridized carbons (Fsp3) is 0.273. The zero-order chi connectivity index (χ0) is 20.3. The number of hydrogen-bond acceptors (Lipinski definition) is 3. The summed E-state index contributed by atoms with van der Waals surface area (Å²) in [5.74, 6) is -0.151. The van der Waals surface area contributed by atoms with Crippen LogP contribution in [0.4, 0.5) is 0 Å². The van der Waals surface area contributed by atoms with Crippen molar-refractivity contribution < 1.29 is 4.79 Å². The number of thioether (sulfide) groups is 1. The summed E-state index contributed by atoms with van der Waals surface area (Å²) in [5, 5.41) is 4.61. The van der Waals surface area contributed by atoms with Crippen molar-refractivity contribution in [3.63, 3.8) is 0 Å². The van der Waals surface area contributed by atoms with Crippen molar-refractivity contribution in [1.29, 1.82) is 0 Å². The molecule has 4 nitrogen and oxygen atoms in total. The minimum Gasteiger partial charge on any atom is -0.316 e. The Bertz CT molecular complexity index is 1060. The highest BCUT2D eigenvalue weighted by Crippen LogP contribution is 2.30. The number of amides is 1. The van der Waals surface area contributed by atoms with Crippen molar-refractivity contribution in [1.82, 2.24) is 14.7 Å². The van der Waals surface area contributed by atoms with Crippen molar-refractivity contribution >= 4 is 34.9 Å². The molecule has 2 aromatic heterocycles. The van der Waals surface area contributed by atoms with Gasteiger partial charge < -0.3 is 9.72 Å². The van der Waals surface area contributed by atoms with Gasteiger partial charge >= 0.3 is 0 Å². The number of fused-ring (bicyclic) bond motifs is 1. The Morgan fingerprint density at radius 1 is 1.25 bits per heavy atom. The van der Waals surface area contributed by atoms with Gasteiger partial charge in [-0.3, -0.25) is 4.79 Å². The van der Waals surface area contributed by atoms with Gasteiger partial charge in [0.15, 0.2) is 0 Å². The fourth-order valence-electron chi connectivity index (χ4n) is 2.99. The number of nitrogens with one attached hydrogen (secondary N) is 1. The van der Waals surface area contributed by atoms with E-state index < -0.39 is 0 Å². The van der Waals surface area contributed by atoms with Crippen LogP contribution in [0, 0.1) is 20.8 Å². The summed E-state index contributed by atoms with van der Waals surface area (Å²) in [6.45, 7) is 8.08. The van der Waals surface area contributed by atoms with E-state index in [-0.39, 0.29) is 5.91 Å². The number of aromatic nitrogens is 2. The average Bonchev–Trinajstić information content (AvgIpc) is 3.06. The van der Waals surface area contributed by atoms with Crippen LogP contribution in [0.3, 0.4) is 0 Å². The summed E-state index contributed by atoms with van der Waals surface area (Å²) < 4.78 is 1.94. The molecule has 146 valence electrons. The number of rotatable bonds is 6. The Hall–Kier alpha value is -2.24. The molecule has 0 bridgehead atoms. The van der Waals surface area contributed by atoms with E-state index in [4.69, 9.17) is 11.6 Å². The highest BCUT2D eigenvalue weighted by Gasteiger charge is 2.16. The van der Waals surface area contributed by atoms with Gasteiger partial charge in [-0.15, -0.1) is 0 Å². The SMILES string of the molecule is CCC/C=C(/NC(=O)c1ccn2c(C)cc(C)nc12)Sc1ccc(Cl)cc1C. The molecule has 0 aliphatic carbocycles. The Morgan fingerprint density at radius 3 is 2.75 bits per heavy atom. The third-order valence-electron chi connectivity index (χ3n) is 4.40. The molecule has 0 saturated heterocycles. The molecule has 0 aliphatic rings. The van der Waals surface area contributed by atoms with Gasteiger partial charge in [-0.25, -0.2) is 4.98 Å². The van der Waals surface area contributed by atoms with Crippen molar-refractivity contribution in [2.75, 3.05) is 0 Å². The first-order valence-corrected chi connectivity index (χ1v) is 10.5. The number of carbonyl (C=O) groups is 1. The number of unbranched alkanes of at least 4 members (excludes halogenated alkanes) is 1. The van der Waals surface area contributed by atoms with Crippen molar-refractivity contribution in [3.8, 4) is 0 Å². The van der Waals surface area contributed by atoms with Crippen molar-refractivity contribution in [2.45, 2.75) is 45.4 Å². The fourth-order valence-corrected chi connectivity index (χ4v) is 4.15. The molecule has 28 heavy (non-hydrogen) atoms. The number of hydrogen-bond donors (Lipinski definition) is 1. The topological polar surface area (TPSA) is 46.4 Å². The first-order valence-electron chi connectivity index (χ1n) is 9.30. The van der Waals surface area contributed by atoms with Gasteiger partial charge in [0.2, 0.25) is 0 Å². The lowest BCUT2D eigenvalue weighted by Crippen LogP contribution is -2.21. The molecule has 1 aromatic carbocycles. The third kappa shape index (κ3) is 4.59. The normalized spacial score (nSPS) is 11.8. The molecule has 6 heteroatoms. The summed E-state index contributed by atoms with van der Waals surface area (Å²) in [6, 6.07) is 9.60. The zero-order valence-electron chi connectivity index (χ0n) is 16.5. The lowest BCUT2D eigenvalue weighted by molar-refractivity contribution is 0.0970.